The fourth-order valence-electron chi connectivity index (χ4n) is 1.57. The molecule has 0 saturated heterocycles. The predicted octanol–water partition coefficient (Wildman–Crippen LogP) is 2.95. The SMILES string of the molecule is NS(=O)(=O)c1ccc(OCc2ccc(F)c(Br)c2)c(F)c1. The molecule has 0 aromatic heterocycles. The molecule has 0 aliphatic carbocycles. The average molecular weight is 378 g/mol. The minimum Gasteiger partial charge on any atom is -0.486 e. The van der Waals surface area contributed by atoms with E-state index < -0.39 is 21.7 Å². The number of hydrogen-bond acceptors (Lipinski definition) is 3. The average Bonchev–Trinajstić information content (AvgIpc) is 2.40. The molecule has 0 spiro atoms. The summed E-state index contributed by atoms with van der Waals surface area (Å²) >= 11 is 3.03. The van der Waals surface area contributed by atoms with E-state index in [9.17, 15) is 17.2 Å². The van der Waals surface area contributed by atoms with Crippen molar-refractivity contribution in [1.82, 2.24) is 0 Å². The molecule has 8 heteroatoms. The summed E-state index contributed by atoms with van der Waals surface area (Å²) in [5.74, 6) is -1.38. The highest BCUT2D eigenvalue weighted by Crippen LogP contribution is 2.22. The maximum absolute atomic E-state index is 13.7. The van der Waals surface area contributed by atoms with Crippen molar-refractivity contribution in [3.63, 3.8) is 0 Å². The number of nitrogens with two attached hydrogens (primary N) is 1. The van der Waals surface area contributed by atoms with Gasteiger partial charge in [-0.3, -0.25) is 0 Å². The molecule has 0 atom stereocenters. The molecule has 0 heterocycles. The highest BCUT2D eigenvalue weighted by atomic mass is 79.9. The zero-order valence-electron chi connectivity index (χ0n) is 10.5. The second-order valence-electron chi connectivity index (χ2n) is 4.17. The van der Waals surface area contributed by atoms with Gasteiger partial charge in [-0.25, -0.2) is 22.3 Å². The van der Waals surface area contributed by atoms with E-state index in [0.29, 0.717) is 5.56 Å². The van der Waals surface area contributed by atoms with E-state index in [4.69, 9.17) is 9.88 Å². The summed E-state index contributed by atoms with van der Waals surface area (Å²) in [5.41, 5.74) is 0.623. The summed E-state index contributed by atoms with van der Waals surface area (Å²) < 4.78 is 54.4. The largest absolute Gasteiger partial charge is 0.486 e. The molecular formula is C13H10BrF2NO3S. The first-order valence-corrected chi connectivity index (χ1v) is 8.00. The van der Waals surface area contributed by atoms with Crippen LogP contribution in [0.1, 0.15) is 5.56 Å². The Labute approximate surface area is 128 Å². The van der Waals surface area contributed by atoms with E-state index in [1.54, 1.807) is 0 Å². The summed E-state index contributed by atoms with van der Waals surface area (Å²) in [6, 6.07) is 7.36. The van der Waals surface area contributed by atoms with Crippen LogP contribution in [0.2, 0.25) is 0 Å². The molecule has 0 aliphatic rings. The fraction of sp³-hybridized carbons (Fsp3) is 0.0769. The van der Waals surface area contributed by atoms with Crippen LogP contribution in [0, 0.1) is 11.6 Å². The van der Waals surface area contributed by atoms with E-state index in [0.717, 1.165) is 12.1 Å². The van der Waals surface area contributed by atoms with Crippen molar-refractivity contribution in [3.8, 4) is 5.75 Å². The molecule has 2 aromatic rings. The van der Waals surface area contributed by atoms with Gasteiger partial charge in [0.25, 0.3) is 0 Å². The second-order valence-corrected chi connectivity index (χ2v) is 6.59. The smallest absolute Gasteiger partial charge is 0.238 e. The van der Waals surface area contributed by atoms with Gasteiger partial charge in [0.05, 0.1) is 9.37 Å². The highest BCUT2D eigenvalue weighted by molar-refractivity contribution is 9.10. The van der Waals surface area contributed by atoms with Crippen LogP contribution >= 0.6 is 15.9 Å². The van der Waals surface area contributed by atoms with Gasteiger partial charge in [0, 0.05) is 0 Å². The van der Waals surface area contributed by atoms with Crippen LogP contribution in [0.25, 0.3) is 0 Å². The van der Waals surface area contributed by atoms with Crippen LogP contribution in [0.3, 0.4) is 0 Å². The van der Waals surface area contributed by atoms with Gasteiger partial charge >= 0.3 is 0 Å². The molecule has 4 nitrogen and oxygen atoms in total. The molecular weight excluding hydrogens is 368 g/mol. The van der Waals surface area contributed by atoms with Crippen LogP contribution in [-0.2, 0) is 16.6 Å². The standard InChI is InChI=1S/C13H10BrF2NO3S/c14-10-5-8(1-3-11(10)15)7-20-13-4-2-9(6-12(13)16)21(17,18)19/h1-6H,7H2,(H2,17,18,19). The Balaban J connectivity index is 2.15. The zero-order chi connectivity index (χ0) is 15.6. The quantitative estimate of drug-likeness (QED) is 0.890. The van der Waals surface area contributed by atoms with Gasteiger partial charge in [-0.05, 0) is 51.8 Å². The van der Waals surface area contributed by atoms with E-state index in [1.807, 2.05) is 0 Å². The van der Waals surface area contributed by atoms with E-state index >= 15 is 0 Å². The minimum absolute atomic E-state index is 0.00449. The first-order chi connectivity index (χ1) is 9.77. The summed E-state index contributed by atoms with van der Waals surface area (Å²) in [7, 11) is -3.96. The Morgan fingerprint density at radius 2 is 1.81 bits per heavy atom. The first kappa shape index (κ1) is 15.9. The number of primary sulfonamides is 1. The third-order valence-electron chi connectivity index (χ3n) is 2.61. The number of sulfonamides is 1. The van der Waals surface area contributed by atoms with Crippen LogP contribution in [0.15, 0.2) is 45.8 Å². The van der Waals surface area contributed by atoms with Gasteiger partial charge in [0.2, 0.25) is 10.0 Å². The molecule has 0 aliphatic heterocycles. The molecule has 2 rings (SSSR count). The van der Waals surface area contributed by atoms with Crippen molar-refractivity contribution in [2.45, 2.75) is 11.5 Å². The van der Waals surface area contributed by atoms with E-state index in [-0.39, 0.29) is 21.7 Å². The number of hydrogen-bond donors (Lipinski definition) is 1. The Hall–Kier alpha value is -1.51. The Bertz CT molecular complexity index is 781. The van der Waals surface area contributed by atoms with Crippen molar-refractivity contribution >= 4 is 26.0 Å². The maximum Gasteiger partial charge on any atom is 0.238 e. The molecule has 2 N–H and O–H groups in total. The Kier molecular flexibility index (Phi) is 4.60. The lowest BCUT2D eigenvalue weighted by molar-refractivity contribution is 0.289. The molecule has 2 aromatic carbocycles. The lowest BCUT2D eigenvalue weighted by Gasteiger charge is -2.09. The number of halogens is 3. The first-order valence-electron chi connectivity index (χ1n) is 5.66. The molecule has 0 amide bonds. The van der Waals surface area contributed by atoms with Gasteiger partial charge in [0.1, 0.15) is 12.4 Å². The lowest BCUT2D eigenvalue weighted by Crippen LogP contribution is -2.12. The Morgan fingerprint density at radius 1 is 1.10 bits per heavy atom. The molecule has 0 unspecified atom stereocenters. The van der Waals surface area contributed by atoms with Crippen molar-refractivity contribution in [2.24, 2.45) is 5.14 Å². The summed E-state index contributed by atoms with van der Waals surface area (Å²) in [6.07, 6.45) is 0. The third-order valence-corrected chi connectivity index (χ3v) is 4.13. The number of ether oxygens (including phenoxy) is 1. The Morgan fingerprint density at radius 3 is 2.38 bits per heavy atom. The van der Waals surface area contributed by atoms with Crippen molar-refractivity contribution in [1.29, 1.82) is 0 Å². The van der Waals surface area contributed by atoms with Crippen molar-refractivity contribution in [3.05, 3.63) is 58.1 Å². The van der Waals surface area contributed by atoms with E-state index in [2.05, 4.69) is 15.9 Å². The van der Waals surface area contributed by atoms with Crippen molar-refractivity contribution < 1.29 is 21.9 Å². The van der Waals surface area contributed by atoms with Crippen LogP contribution < -0.4 is 9.88 Å². The molecule has 21 heavy (non-hydrogen) atoms. The fourth-order valence-corrected chi connectivity index (χ4v) is 2.52. The lowest BCUT2D eigenvalue weighted by atomic mass is 10.2. The summed E-state index contributed by atoms with van der Waals surface area (Å²) in [6.45, 7) is 0.00449. The third kappa shape index (κ3) is 3.99. The van der Waals surface area contributed by atoms with Crippen LogP contribution in [-0.4, -0.2) is 8.42 Å². The van der Waals surface area contributed by atoms with Crippen LogP contribution in [0.4, 0.5) is 8.78 Å². The maximum atomic E-state index is 13.7. The van der Waals surface area contributed by atoms with E-state index in [1.165, 1.54) is 24.3 Å². The summed E-state index contributed by atoms with van der Waals surface area (Å²) in [4.78, 5) is -0.336. The van der Waals surface area contributed by atoms with Gasteiger partial charge in [-0.15, -0.1) is 0 Å². The number of benzene rings is 2. The molecule has 0 fully saturated rings. The van der Waals surface area contributed by atoms with Gasteiger partial charge in [-0.1, -0.05) is 6.07 Å². The topological polar surface area (TPSA) is 69.4 Å². The minimum atomic E-state index is -3.96. The zero-order valence-corrected chi connectivity index (χ0v) is 12.9. The highest BCUT2D eigenvalue weighted by Gasteiger charge is 2.12. The monoisotopic (exact) mass is 377 g/mol. The van der Waals surface area contributed by atoms with Gasteiger partial charge in [-0.2, -0.15) is 0 Å². The molecule has 0 radical (unpaired) electrons. The second kappa shape index (κ2) is 6.08. The van der Waals surface area contributed by atoms with Gasteiger partial charge < -0.3 is 4.74 Å². The predicted molar refractivity (Wildman–Crippen MR) is 76.2 cm³/mol. The normalized spacial score (nSPS) is 11.4. The molecule has 112 valence electrons. The van der Waals surface area contributed by atoms with Gasteiger partial charge in [0.15, 0.2) is 11.6 Å². The summed E-state index contributed by atoms with van der Waals surface area (Å²) in [5, 5.41) is 4.90. The molecule has 0 saturated carbocycles. The van der Waals surface area contributed by atoms with Crippen LogP contribution in [0.5, 0.6) is 5.75 Å². The number of rotatable bonds is 4. The van der Waals surface area contributed by atoms with Crippen molar-refractivity contribution in [2.75, 3.05) is 0 Å². The molecule has 0 bridgehead atoms.